The first-order chi connectivity index (χ1) is 16.2. The van der Waals surface area contributed by atoms with Crippen LogP contribution in [0.3, 0.4) is 0 Å². The minimum atomic E-state index is -3.75. The Bertz CT molecular complexity index is 1210. The predicted octanol–water partition coefficient (Wildman–Crippen LogP) is 4.87. The summed E-state index contributed by atoms with van der Waals surface area (Å²) in [5.41, 5.74) is 3.59. The number of hydrogen-bond acceptors (Lipinski definition) is 4. The average molecular weight is 480 g/mol. The third-order valence-corrected chi connectivity index (χ3v) is 8.27. The molecular formula is C27H33N3O3S. The first-order valence-electron chi connectivity index (χ1n) is 11.9. The van der Waals surface area contributed by atoms with E-state index in [1.54, 1.807) is 0 Å². The van der Waals surface area contributed by atoms with Crippen molar-refractivity contribution in [1.82, 2.24) is 10.2 Å². The van der Waals surface area contributed by atoms with Gasteiger partial charge in [-0.3, -0.25) is 4.79 Å². The van der Waals surface area contributed by atoms with Crippen LogP contribution in [0.15, 0.2) is 64.6 Å². The fourth-order valence-corrected chi connectivity index (χ4v) is 6.20. The molecule has 0 aliphatic carbocycles. The molecule has 2 aromatic carbocycles. The molecule has 2 aromatic rings. The lowest BCUT2D eigenvalue weighted by Gasteiger charge is -2.33. The molecule has 1 amide bonds. The van der Waals surface area contributed by atoms with Gasteiger partial charge in [0, 0.05) is 24.6 Å². The van der Waals surface area contributed by atoms with Gasteiger partial charge in [0.1, 0.15) is 10.7 Å². The van der Waals surface area contributed by atoms with Gasteiger partial charge < -0.3 is 10.2 Å². The van der Waals surface area contributed by atoms with Gasteiger partial charge >= 0.3 is 0 Å². The Kier molecular flexibility index (Phi) is 6.94. The van der Waals surface area contributed by atoms with Gasteiger partial charge in [0.15, 0.2) is 0 Å². The first-order valence-corrected chi connectivity index (χ1v) is 13.4. The van der Waals surface area contributed by atoms with Crippen LogP contribution in [0.5, 0.6) is 0 Å². The maximum Gasteiger partial charge on any atom is 0.285 e. The number of sulfonamides is 1. The van der Waals surface area contributed by atoms with Gasteiger partial charge in [0.05, 0.1) is 6.04 Å². The maximum atomic E-state index is 12.9. The van der Waals surface area contributed by atoms with Gasteiger partial charge in [-0.1, -0.05) is 68.4 Å². The lowest BCUT2D eigenvalue weighted by atomic mass is 9.94. The highest BCUT2D eigenvalue weighted by molar-refractivity contribution is 8.00. The van der Waals surface area contributed by atoms with E-state index in [0.29, 0.717) is 48.8 Å². The van der Waals surface area contributed by atoms with Gasteiger partial charge in [-0.25, -0.2) is 0 Å². The van der Waals surface area contributed by atoms with Crippen molar-refractivity contribution in [3.8, 4) is 0 Å². The topological polar surface area (TPSA) is 78.8 Å². The van der Waals surface area contributed by atoms with Crippen molar-refractivity contribution >= 4 is 26.7 Å². The molecular weight excluding hydrogens is 446 g/mol. The molecule has 6 nitrogen and oxygen atoms in total. The molecule has 0 unspecified atom stereocenters. The molecule has 2 aliphatic heterocycles. The zero-order valence-corrected chi connectivity index (χ0v) is 21.1. The Balaban J connectivity index is 1.43. The van der Waals surface area contributed by atoms with Crippen LogP contribution in [0.1, 0.15) is 69.2 Å². The molecule has 0 spiro atoms. The lowest BCUT2D eigenvalue weighted by molar-refractivity contribution is -0.126. The van der Waals surface area contributed by atoms with Crippen LogP contribution >= 0.6 is 0 Å². The van der Waals surface area contributed by atoms with E-state index in [9.17, 15) is 13.2 Å². The second-order valence-corrected chi connectivity index (χ2v) is 11.1. The normalized spacial score (nSPS) is 19.3. The fraction of sp³-hybridized carbons (Fsp3) is 0.407. The summed E-state index contributed by atoms with van der Waals surface area (Å²) in [4.78, 5) is 15.1. The predicted molar refractivity (Wildman–Crippen MR) is 137 cm³/mol. The Morgan fingerprint density at radius 1 is 0.971 bits per heavy atom. The minimum Gasteiger partial charge on any atom is -0.356 e. The van der Waals surface area contributed by atoms with Crippen LogP contribution in [0, 0.1) is 5.92 Å². The molecule has 4 rings (SSSR count). The van der Waals surface area contributed by atoms with E-state index in [0.717, 1.165) is 5.56 Å². The van der Waals surface area contributed by atoms with E-state index in [-0.39, 0.29) is 22.8 Å². The summed E-state index contributed by atoms with van der Waals surface area (Å²) in [6, 6.07) is 17.6. The number of benzene rings is 2. The van der Waals surface area contributed by atoms with Gasteiger partial charge in [-0.15, -0.1) is 4.40 Å². The summed E-state index contributed by atoms with van der Waals surface area (Å²) in [5.74, 6) is 0.855. The van der Waals surface area contributed by atoms with E-state index in [2.05, 4.69) is 23.6 Å². The van der Waals surface area contributed by atoms with Crippen molar-refractivity contribution in [1.29, 1.82) is 0 Å². The number of piperidine rings is 1. The number of carbonyl (C=O) groups is 1. The molecule has 2 heterocycles. The molecule has 1 fully saturated rings. The maximum absolute atomic E-state index is 12.9. The number of hydrogen-bond donors (Lipinski definition) is 1. The summed E-state index contributed by atoms with van der Waals surface area (Å²) in [6.45, 7) is 9.24. The van der Waals surface area contributed by atoms with Gasteiger partial charge in [0.25, 0.3) is 10.0 Å². The monoisotopic (exact) mass is 479 g/mol. The highest BCUT2D eigenvalue weighted by Gasteiger charge is 2.35. The Morgan fingerprint density at radius 3 is 2.18 bits per heavy atom. The standard InChI is InChI=1S/C27H33N3O3S/c1-18(2)21-10-12-23(13-11-21)25-19(3)26(29-34(25,32)33)30-16-14-24(15-17-30)27(31)28-20(4)22-8-6-5-7-9-22/h5-13,18,20,24H,14-17H2,1-4H3,(H,28,31)/t20-/m0/s1. The number of likely N-dealkylation sites (tertiary alicyclic amines) is 1. The number of rotatable bonds is 5. The number of nitrogens with zero attached hydrogens (tertiary/aromatic N) is 2. The number of amides is 1. The molecule has 1 atom stereocenters. The third-order valence-electron chi connectivity index (χ3n) is 6.80. The molecule has 0 bridgehead atoms. The molecule has 1 N–H and O–H groups in total. The summed E-state index contributed by atoms with van der Waals surface area (Å²) in [5, 5.41) is 3.12. The van der Waals surface area contributed by atoms with Crippen molar-refractivity contribution in [3.63, 3.8) is 0 Å². The van der Waals surface area contributed by atoms with Crippen molar-refractivity contribution in [2.45, 2.75) is 52.5 Å². The molecule has 2 aliphatic rings. The number of nitrogens with one attached hydrogen (secondary N) is 1. The van der Waals surface area contributed by atoms with Crippen LogP contribution in [0.2, 0.25) is 0 Å². The number of carbonyl (C=O) groups excluding carboxylic acids is 1. The van der Waals surface area contributed by atoms with E-state index >= 15 is 0 Å². The van der Waals surface area contributed by atoms with Crippen LogP contribution in [0.25, 0.3) is 4.91 Å². The number of amidine groups is 1. The van der Waals surface area contributed by atoms with Gasteiger partial charge in [-0.05, 0) is 49.3 Å². The Hall–Kier alpha value is -2.93. The van der Waals surface area contributed by atoms with E-state index in [1.165, 1.54) is 5.56 Å². The van der Waals surface area contributed by atoms with Crippen LogP contribution in [0.4, 0.5) is 0 Å². The van der Waals surface area contributed by atoms with E-state index in [4.69, 9.17) is 0 Å². The van der Waals surface area contributed by atoms with Crippen LogP contribution in [-0.2, 0) is 14.8 Å². The highest BCUT2D eigenvalue weighted by atomic mass is 32.2. The molecule has 180 valence electrons. The van der Waals surface area contributed by atoms with Crippen LogP contribution in [-0.4, -0.2) is 38.2 Å². The average Bonchev–Trinajstić information content (AvgIpc) is 3.08. The van der Waals surface area contributed by atoms with Crippen molar-refractivity contribution in [3.05, 3.63) is 76.9 Å². The second kappa shape index (κ2) is 9.74. The molecule has 7 heteroatoms. The fourth-order valence-electron chi connectivity index (χ4n) is 4.71. The zero-order chi connectivity index (χ0) is 24.5. The van der Waals surface area contributed by atoms with Crippen LogP contribution < -0.4 is 5.32 Å². The van der Waals surface area contributed by atoms with Crippen molar-refractivity contribution < 1.29 is 13.2 Å². The third kappa shape index (κ3) is 4.94. The molecule has 0 saturated carbocycles. The first kappa shape index (κ1) is 24.2. The summed E-state index contributed by atoms with van der Waals surface area (Å²) in [6.07, 6.45) is 1.33. The zero-order valence-electron chi connectivity index (χ0n) is 20.3. The van der Waals surface area contributed by atoms with Crippen molar-refractivity contribution in [2.75, 3.05) is 13.1 Å². The largest absolute Gasteiger partial charge is 0.356 e. The molecule has 0 aromatic heterocycles. The van der Waals surface area contributed by atoms with Crippen molar-refractivity contribution in [2.24, 2.45) is 10.3 Å². The Labute approximate surface area is 202 Å². The van der Waals surface area contributed by atoms with Gasteiger partial charge in [-0.2, -0.15) is 8.42 Å². The van der Waals surface area contributed by atoms with E-state index in [1.807, 2.05) is 73.3 Å². The quantitative estimate of drug-likeness (QED) is 0.663. The second-order valence-electron chi connectivity index (χ2n) is 9.52. The smallest absolute Gasteiger partial charge is 0.285 e. The van der Waals surface area contributed by atoms with Gasteiger partial charge in [0.2, 0.25) is 5.91 Å². The molecule has 34 heavy (non-hydrogen) atoms. The lowest BCUT2D eigenvalue weighted by Crippen LogP contribution is -2.43. The molecule has 0 radical (unpaired) electrons. The highest BCUT2D eigenvalue weighted by Crippen LogP contribution is 2.35. The Morgan fingerprint density at radius 2 is 1.59 bits per heavy atom. The van der Waals surface area contributed by atoms with E-state index < -0.39 is 10.0 Å². The summed E-state index contributed by atoms with van der Waals surface area (Å²) < 4.78 is 30.0. The SMILES string of the molecule is CC1=C(c2ccc(C(C)C)cc2)S(=O)(=O)N=C1N1CCC(C(=O)N[C@@H](C)c2ccccc2)CC1. The summed E-state index contributed by atoms with van der Waals surface area (Å²) in [7, 11) is -3.75. The minimum absolute atomic E-state index is 0.0501. The molecule has 1 saturated heterocycles. The summed E-state index contributed by atoms with van der Waals surface area (Å²) >= 11 is 0.